The fourth-order valence-corrected chi connectivity index (χ4v) is 2.82. The molecule has 1 aliphatic rings. The lowest BCUT2D eigenvalue weighted by atomic mass is 10.1. The van der Waals surface area contributed by atoms with Crippen molar-refractivity contribution in [3.63, 3.8) is 0 Å². The number of hydrogen-bond acceptors (Lipinski definition) is 6. The minimum absolute atomic E-state index is 0.0265. The predicted molar refractivity (Wildman–Crippen MR) is 73.1 cm³/mol. The van der Waals surface area contributed by atoms with Crippen LogP contribution in [-0.4, -0.2) is 27.0 Å². The van der Waals surface area contributed by atoms with Crippen LogP contribution in [0.25, 0.3) is 0 Å². The zero-order valence-corrected chi connectivity index (χ0v) is 11.5. The molecular weight excluding hydrogens is 246 g/mol. The Morgan fingerprint density at radius 2 is 2.16 bits per heavy atom. The highest BCUT2D eigenvalue weighted by atomic mass is 16.6. The Hall–Kier alpha value is -1.92. The normalized spacial score (nSPS) is 22.8. The number of anilines is 2. The largest absolute Gasteiger partial charge is 0.368 e. The summed E-state index contributed by atoms with van der Waals surface area (Å²) >= 11 is 0. The minimum atomic E-state index is -0.415. The van der Waals surface area contributed by atoms with E-state index in [-0.39, 0.29) is 23.7 Å². The fourth-order valence-electron chi connectivity index (χ4n) is 2.82. The van der Waals surface area contributed by atoms with Gasteiger partial charge in [-0.25, -0.2) is 4.98 Å². The molecule has 104 valence electrons. The van der Waals surface area contributed by atoms with Gasteiger partial charge in [0.2, 0.25) is 11.8 Å². The molecule has 0 saturated carbocycles. The summed E-state index contributed by atoms with van der Waals surface area (Å²) in [6, 6.07) is 0.514. The molecule has 1 fully saturated rings. The van der Waals surface area contributed by atoms with Crippen molar-refractivity contribution in [1.82, 2.24) is 9.97 Å². The third-order valence-electron chi connectivity index (χ3n) is 3.74. The second-order valence-corrected chi connectivity index (χ2v) is 4.99. The highest BCUT2D eigenvalue weighted by Gasteiger charge is 2.36. The van der Waals surface area contributed by atoms with Crippen LogP contribution >= 0.6 is 0 Å². The van der Waals surface area contributed by atoms with Gasteiger partial charge in [0.25, 0.3) is 0 Å². The second kappa shape index (κ2) is 4.99. The number of nitro groups is 1. The van der Waals surface area contributed by atoms with E-state index in [4.69, 9.17) is 5.73 Å². The van der Waals surface area contributed by atoms with Crippen molar-refractivity contribution >= 4 is 17.5 Å². The Labute approximate surface area is 112 Å². The Bertz CT molecular complexity index is 505. The number of hydrogen-bond donors (Lipinski definition) is 1. The van der Waals surface area contributed by atoms with E-state index in [9.17, 15) is 10.1 Å². The molecular formula is C12H19N5O2. The maximum Gasteiger partial charge on any atom is 0.332 e. The highest BCUT2D eigenvalue weighted by Crippen LogP contribution is 2.37. The van der Waals surface area contributed by atoms with Crippen LogP contribution in [-0.2, 0) is 0 Å². The predicted octanol–water partition coefficient (Wildman–Crippen LogP) is 2.04. The Morgan fingerprint density at radius 1 is 1.47 bits per heavy atom. The van der Waals surface area contributed by atoms with Gasteiger partial charge in [0.15, 0.2) is 0 Å². The van der Waals surface area contributed by atoms with Crippen LogP contribution in [0.15, 0.2) is 0 Å². The first-order valence-corrected chi connectivity index (χ1v) is 6.52. The van der Waals surface area contributed by atoms with Gasteiger partial charge >= 0.3 is 5.69 Å². The summed E-state index contributed by atoms with van der Waals surface area (Å²) in [5, 5.41) is 11.3. The van der Waals surface area contributed by atoms with Crippen LogP contribution in [0.3, 0.4) is 0 Å². The van der Waals surface area contributed by atoms with E-state index < -0.39 is 4.92 Å². The molecule has 7 nitrogen and oxygen atoms in total. The van der Waals surface area contributed by atoms with E-state index in [1.54, 1.807) is 6.92 Å². The van der Waals surface area contributed by atoms with Gasteiger partial charge in [-0.05, 0) is 33.1 Å². The highest BCUT2D eigenvalue weighted by molar-refractivity contribution is 5.63. The number of aromatic nitrogens is 2. The van der Waals surface area contributed by atoms with Gasteiger partial charge in [0, 0.05) is 12.1 Å². The molecule has 0 amide bonds. The number of aryl methyl sites for hydroxylation is 1. The molecule has 0 spiro atoms. The van der Waals surface area contributed by atoms with Crippen LogP contribution in [0, 0.1) is 17.0 Å². The molecule has 0 bridgehead atoms. The van der Waals surface area contributed by atoms with Crippen LogP contribution in [0.2, 0.25) is 0 Å². The maximum absolute atomic E-state index is 11.3. The molecule has 2 heterocycles. The van der Waals surface area contributed by atoms with Crippen LogP contribution < -0.4 is 10.6 Å². The van der Waals surface area contributed by atoms with Crippen molar-refractivity contribution in [1.29, 1.82) is 0 Å². The average Bonchev–Trinajstić information content (AvgIpc) is 2.68. The molecule has 1 aromatic heterocycles. The zero-order chi connectivity index (χ0) is 14.2. The summed E-state index contributed by atoms with van der Waals surface area (Å²) < 4.78 is 0. The van der Waals surface area contributed by atoms with Gasteiger partial charge < -0.3 is 10.6 Å². The minimum Gasteiger partial charge on any atom is -0.368 e. The summed E-state index contributed by atoms with van der Waals surface area (Å²) in [4.78, 5) is 20.9. The standard InChI is InChI=1S/C12H19N5O2/c1-4-9-6-5-7(2)16(9)11-10(17(18)19)8(3)14-12(13)15-11/h7,9H,4-6H2,1-3H3,(H2,13,14,15). The first-order chi connectivity index (χ1) is 8.95. The maximum atomic E-state index is 11.3. The van der Waals surface area contributed by atoms with Crippen molar-refractivity contribution in [2.45, 2.75) is 52.1 Å². The molecule has 0 aliphatic carbocycles. The van der Waals surface area contributed by atoms with Crippen molar-refractivity contribution in [3.8, 4) is 0 Å². The Morgan fingerprint density at radius 3 is 2.74 bits per heavy atom. The third-order valence-corrected chi connectivity index (χ3v) is 3.74. The number of rotatable bonds is 3. The van der Waals surface area contributed by atoms with E-state index in [2.05, 4.69) is 23.8 Å². The van der Waals surface area contributed by atoms with Crippen molar-refractivity contribution < 1.29 is 4.92 Å². The topological polar surface area (TPSA) is 98.2 Å². The summed E-state index contributed by atoms with van der Waals surface area (Å²) in [6.45, 7) is 5.74. The van der Waals surface area contributed by atoms with Crippen LogP contribution in [0.5, 0.6) is 0 Å². The van der Waals surface area contributed by atoms with E-state index >= 15 is 0 Å². The monoisotopic (exact) mass is 265 g/mol. The molecule has 1 saturated heterocycles. The van der Waals surface area contributed by atoms with Gasteiger partial charge in [-0.2, -0.15) is 4.98 Å². The zero-order valence-electron chi connectivity index (χ0n) is 11.5. The van der Waals surface area contributed by atoms with E-state index in [1.807, 2.05) is 4.90 Å². The van der Waals surface area contributed by atoms with Gasteiger partial charge in [-0.1, -0.05) is 6.92 Å². The van der Waals surface area contributed by atoms with Crippen molar-refractivity contribution in [2.24, 2.45) is 0 Å². The van der Waals surface area contributed by atoms with E-state index in [0.717, 1.165) is 19.3 Å². The van der Waals surface area contributed by atoms with Crippen molar-refractivity contribution in [3.05, 3.63) is 15.8 Å². The molecule has 7 heteroatoms. The first kappa shape index (κ1) is 13.5. The SMILES string of the molecule is CCC1CCC(C)N1c1nc(N)nc(C)c1[N+](=O)[O-]. The summed E-state index contributed by atoms with van der Waals surface area (Å²) in [5.41, 5.74) is 5.95. The molecule has 1 aromatic rings. The summed E-state index contributed by atoms with van der Waals surface area (Å²) in [7, 11) is 0. The van der Waals surface area contributed by atoms with Gasteiger partial charge in [-0.3, -0.25) is 10.1 Å². The Kier molecular flexibility index (Phi) is 3.55. The van der Waals surface area contributed by atoms with Gasteiger partial charge in [-0.15, -0.1) is 0 Å². The molecule has 2 unspecified atom stereocenters. The molecule has 0 aromatic carbocycles. The van der Waals surface area contributed by atoms with Gasteiger partial charge in [0.1, 0.15) is 5.69 Å². The lowest BCUT2D eigenvalue weighted by molar-refractivity contribution is -0.385. The summed E-state index contributed by atoms with van der Waals surface area (Å²) in [5.74, 6) is 0.457. The number of nitrogen functional groups attached to an aromatic ring is 1. The molecule has 2 rings (SSSR count). The molecule has 19 heavy (non-hydrogen) atoms. The first-order valence-electron chi connectivity index (χ1n) is 6.52. The molecule has 2 N–H and O–H groups in total. The van der Waals surface area contributed by atoms with Gasteiger partial charge in [0.05, 0.1) is 4.92 Å². The van der Waals surface area contributed by atoms with Crippen LogP contribution in [0.1, 0.15) is 38.8 Å². The quantitative estimate of drug-likeness (QED) is 0.663. The van der Waals surface area contributed by atoms with Crippen LogP contribution in [0.4, 0.5) is 17.5 Å². The van der Waals surface area contributed by atoms with E-state index in [1.165, 1.54) is 0 Å². The Balaban J connectivity index is 2.57. The summed E-state index contributed by atoms with van der Waals surface area (Å²) in [6.07, 6.45) is 2.97. The van der Waals surface area contributed by atoms with E-state index in [0.29, 0.717) is 11.5 Å². The van der Waals surface area contributed by atoms with Crippen molar-refractivity contribution in [2.75, 3.05) is 10.6 Å². The number of nitrogens with zero attached hydrogens (tertiary/aromatic N) is 4. The fraction of sp³-hybridized carbons (Fsp3) is 0.667. The third kappa shape index (κ3) is 2.32. The lowest BCUT2D eigenvalue weighted by Gasteiger charge is -2.28. The average molecular weight is 265 g/mol. The lowest BCUT2D eigenvalue weighted by Crippen LogP contribution is -2.35. The number of nitrogens with two attached hydrogens (primary N) is 1. The smallest absolute Gasteiger partial charge is 0.332 e. The second-order valence-electron chi connectivity index (χ2n) is 4.99. The molecule has 2 atom stereocenters. The molecule has 0 radical (unpaired) electrons. The molecule has 1 aliphatic heterocycles.